The highest BCUT2D eigenvalue weighted by Gasteiger charge is 2.34. The van der Waals surface area contributed by atoms with Crippen molar-refractivity contribution in [2.45, 2.75) is 18.8 Å². The summed E-state index contributed by atoms with van der Waals surface area (Å²) in [4.78, 5) is 14.5. The highest BCUT2D eigenvalue weighted by atomic mass is 16.2. The third-order valence-electron chi connectivity index (χ3n) is 4.71. The first kappa shape index (κ1) is 15.7. The average molecular weight is 312 g/mol. The van der Waals surface area contributed by atoms with Crippen LogP contribution in [0.5, 0.6) is 0 Å². The number of carbonyl (C=O) groups excluding carboxylic acids is 1. The summed E-state index contributed by atoms with van der Waals surface area (Å²) in [6.07, 6.45) is 5.07. The number of aromatic nitrogens is 2. The zero-order valence-electron chi connectivity index (χ0n) is 13.6. The molecule has 2 atom stereocenters. The van der Waals surface area contributed by atoms with E-state index < -0.39 is 0 Å². The summed E-state index contributed by atoms with van der Waals surface area (Å²) in [5.41, 5.74) is 8.33. The normalized spacial score (nSPS) is 20.9. The summed E-state index contributed by atoms with van der Waals surface area (Å²) in [7, 11) is 1.89. The van der Waals surface area contributed by atoms with E-state index in [-0.39, 0.29) is 5.91 Å². The predicted octanol–water partition coefficient (Wildman–Crippen LogP) is 1.55. The number of rotatable bonds is 5. The van der Waals surface area contributed by atoms with Crippen molar-refractivity contribution in [3.8, 4) is 0 Å². The molecule has 1 aromatic heterocycles. The average Bonchev–Trinajstić information content (AvgIpc) is 3.19. The van der Waals surface area contributed by atoms with Gasteiger partial charge in [-0.05, 0) is 30.0 Å². The molecule has 1 aliphatic rings. The summed E-state index contributed by atoms with van der Waals surface area (Å²) in [6, 6.07) is 10.4. The Balaban J connectivity index is 1.61. The van der Waals surface area contributed by atoms with Crippen molar-refractivity contribution in [2.75, 3.05) is 19.6 Å². The Morgan fingerprint density at radius 1 is 1.30 bits per heavy atom. The molecule has 3 rings (SSSR count). The Bertz CT molecular complexity index is 652. The standard InChI is InChI=1S/C18H24N4O/c1-21-11-14(10-20-21)7-8-18(23)22-12-16(9-19)17(13-22)15-5-3-2-4-6-15/h2-6,10-11,16-17H,7-9,12-13,19H2,1H3/t16-,17+/m1/s1. The third kappa shape index (κ3) is 3.62. The van der Waals surface area contributed by atoms with Crippen molar-refractivity contribution < 1.29 is 4.79 Å². The number of likely N-dealkylation sites (tertiary alicyclic amines) is 1. The summed E-state index contributed by atoms with van der Waals surface area (Å²) >= 11 is 0. The molecule has 2 heterocycles. The van der Waals surface area contributed by atoms with Crippen molar-refractivity contribution in [3.63, 3.8) is 0 Å². The largest absolute Gasteiger partial charge is 0.342 e. The zero-order valence-corrected chi connectivity index (χ0v) is 13.6. The molecule has 0 saturated carbocycles. The second kappa shape index (κ2) is 6.96. The topological polar surface area (TPSA) is 64.2 Å². The molecule has 5 heteroatoms. The molecular weight excluding hydrogens is 288 g/mol. The number of benzene rings is 1. The van der Waals surface area contributed by atoms with E-state index >= 15 is 0 Å². The molecule has 0 aliphatic carbocycles. The summed E-state index contributed by atoms with van der Waals surface area (Å²) in [5, 5.41) is 4.14. The SMILES string of the molecule is Cn1cc(CCC(=O)N2C[C@@H](CN)[C@H](c3ccccc3)C2)cn1. The van der Waals surface area contributed by atoms with Crippen LogP contribution in [-0.2, 0) is 18.3 Å². The second-order valence-electron chi connectivity index (χ2n) is 6.33. The van der Waals surface area contributed by atoms with Gasteiger partial charge in [-0.1, -0.05) is 30.3 Å². The van der Waals surface area contributed by atoms with Gasteiger partial charge in [0.1, 0.15) is 0 Å². The molecule has 1 saturated heterocycles. The van der Waals surface area contributed by atoms with E-state index in [1.807, 2.05) is 30.4 Å². The van der Waals surface area contributed by atoms with Gasteiger partial charge in [0.25, 0.3) is 0 Å². The van der Waals surface area contributed by atoms with Crippen LogP contribution in [0, 0.1) is 5.92 Å². The van der Waals surface area contributed by atoms with E-state index in [1.165, 1.54) is 5.56 Å². The Hall–Kier alpha value is -2.14. The molecule has 2 N–H and O–H groups in total. The van der Waals surface area contributed by atoms with Gasteiger partial charge >= 0.3 is 0 Å². The highest BCUT2D eigenvalue weighted by molar-refractivity contribution is 5.77. The summed E-state index contributed by atoms with van der Waals surface area (Å²) in [5.74, 6) is 0.911. The molecule has 1 aliphatic heterocycles. The minimum Gasteiger partial charge on any atom is -0.342 e. The molecular formula is C18H24N4O. The maximum absolute atomic E-state index is 12.5. The fraction of sp³-hybridized carbons (Fsp3) is 0.444. The van der Waals surface area contributed by atoms with Crippen LogP contribution in [0.2, 0.25) is 0 Å². The van der Waals surface area contributed by atoms with Crippen LogP contribution in [-0.4, -0.2) is 40.2 Å². The summed E-state index contributed by atoms with van der Waals surface area (Å²) in [6.45, 7) is 2.16. The zero-order chi connectivity index (χ0) is 16.2. The van der Waals surface area contributed by atoms with Gasteiger partial charge in [0.2, 0.25) is 5.91 Å². The molecule has 5 nitrogen and oxygen atoms in total. The molecule has 1 amide bonds. The molecule has 122 valence electrons. The Morgan fingerprint density at radius 2 is 2.09 bits per heavy atom. The minimum absolute atomic E-state index is 0.214. The Kier molecular flexibility index (Phi) is 4.76. The van der Waals surface area contributed by atoms with Crippen molar-refractivity contribution in [2.24, 2.45) is 18.7 Å². The van der Waals surface area contributed by atoms with E-state index in [4.69, 9.17) is 5.73 Å². The van der Waals surface area contributed by atoms with E-state index in [0.717, 1.165) is 25.1 Å². The maximum Gasteiger partial charge on any atom is 0.222 e. The predicted molar refractivity (Wildman–Crippen MR) is 89.8 cm³/mol. The van der Waals surface area contributed by atoms with Crippen LogP contribution in [0.1, 0.15) is 23.5 Å². The quantitative estimate of drug-likeness (QED) is 0.911. The van der Waals surface area contributed by atoms with Crippen molar-refractivity contribution >= 4 is 5.91 Å². The van der Waals surface area contributed by atoms with Crippen LogP contribution in [0.4, 0.5) is 0 Å². The Labute approximate surface area is 137 Å². The number of aryl methyl sites for hydroxylation is 2. The number of nitrogens with two attached hydrogens (primary N) is 1. The molecule has 0 unspecified atom stereocenters. The number of amides is 1. The lowest BCUT2D eigenvalue weighted by Gasteiger charge is -2.16. The van der Waals surface area contributed by atoms with Crippen LogP contribution in [0.3, 0.4) is 0 Å². The number of hydrogen-bond acceptors (Lipinski definition) is 3. The van der Waals surface area contributed by atoms with E-state index in [0.29, 0.717) is 24.8 Å². The van der Waals surface area contributed by atoms with E-state index in [2.05, 4.69) is 29.4 Å². The van der Waals surface area contributed by atoms with Crippen LogP contribution >= 0.6 is 0 Å². The van der Waals surface area contributed by atoms with Gasteiger partial charge in [0, 0.05) is 38.7 Å². The first-order valence-corrected chi connectivity index (χ1v) is 8.17. The van der Waals surface area contributed by atoms with Gasteiger partial charge in [-0.15, -0.1) is 0 Å². The van der Waals surface area contributed by atoms with Crippen LogP contribution < -0.4 is 5.73 Å². The number of nitrogens with zero attached hydrogens (tertiary/aromatic N) is 3. The van der Waals surface area contributed by atoms with Gasteiger partial charge in [-0.25, -0.2) is 0 Å². The third-order valence-corrected chi connectivity index (χ3v) is 4.71. The first-order valence-electron chi connectivity index (χ1n) is 8.17. The molecule has 23 heavy (non-hydrogen) atoms. The van der Waals surface area contributed by atoms with Crippen LogP contribution in [0.15, 0.2) is 42.7 Å². The van der Waals surface area contributed by atoms with Gasteiger partial charge in [0.05, 0.1) is 6.20 Å². The lowest BCUT2D eigenvalue weighted by molar-refractivity contribution is -0.130. The molecule has 1 fully saturated rings. The smallest absolute Gasteiger partial charge is 0.222 e. The lowest BCUT2D eigenvalue weighted by Crippen LogP contribution is -2.30. The van der Waals surface area contributed by atoms with Crippen molar-refractivity contribution in [1.29, 1.82) is 0 Å². The molecule has 1 aromatic carbocycles. The van der Waals surface area contributed by atoms with Gasteiger partial charge in [-0.3, -0.25) is 9.48 Å². The maximum atomic E-state index is 12.5. The summed E-state index contributed by atoms with van der Waals surface area (Å²) < 4.78 is 1.77. The molecule has 0 radical (unpaired) electrons. The highest BCUT2D eigenvalue weighted by Crippen LogP contribution is 2.32. The lowest BCUT2D eigenvalue weighted by atomic mass is 9.89. The fourth-order valence-electron chi connectivity index (χ4n) is 3.40. The number of hydrogen-bond donors (Lipinski definition) is 1. The van der Waals surface area contributed by atoms with Gasteiger partial charge < -0.3 is 10.6 Å². The number of carbonyl (C=O) groups is 1. The molecule has 2 aromatic rings. The van der Waals surface area contributed by atoms with Gasteiger partial charge in [0.15, 0.2) is 0 Å². The molecule has 0 spiro atoms. The Morgan fingerprint density at radius 3 is 2.74 bits per heavy atom. The monoisotopic (exact) mass is 312 g/mol. The molecule has 0 bridgehead atoms. The van der Waals surface area contributed by atoms with Gasteiger partial charge in [-0.2, -0.15) is 5.10 Å². The van der Waals surface area contributed by atoms with E-state index in [1.54, 1.807) is 4.68 Å². The van der Waals surface area contributed by atoms with Crippen molar-refractivity contribution in [1.82, 2.24) is 14.7 Å². The first-order chi connectivity index (χ1) is 11.2. The minimum atomic E-state index is 0.214. The fourth-order valence-corrected chi connectivity index (χ4v) is 3.40. The van der Waals surface area contributed by atoms with Crippen molar-refractivity contribution in [3.05, 3.63) is 53.9 Å². The second-order valence-corrected chi connectivity index (χ2v) is 6.33. The van der Waals surface area contributed by atoms with E-state index in [9.17, 15) is 4.79 Å². The van der Waals surface area contributed by atoms with Crippen LogP contribution in [0.25, 0.3) is 0 Å².